The van der Waals surface area contributed by atoms with Gasteiger partial charge < -0.3 is 10.3 Å². The normalized spacial score (nSPS) is 11.3. The SMILES string of the molecule is CCCn1c(-c2ccc(C)s2)nc2cc(CN)ccc21. The number of nitrogens with zero attached hydrogens (tertiary/aromatic N) is 2. The van der Waals surface area contributed by atoms with Crippen molar-refractivity contribution in [2.75, 3.05) is 0 Å². The summed E-state index contributed by atoms with van der Waals surface area (Å²) in [7, 11) is 0. The molecule has 0 atom stereocenters. The van der Waals surface area contributed by atoms with Crippen LogP contribution in [-0.2, 0) is 13.1 Å². The molecule has 2 heterocycles. The van der Waals surface area contributed by atoms with Gasteiger partial charge in [0.1, 0.15) is 0 Å². The van der Waals surface area contributed by atoms with Crippen LogP contribution in [0.15, 0.2) is 30.3 Å². The summed E-state index contributed by atoms with van der Waals surface area (Å²) in [5, 5.41) is 0. The number of fused-ring (bicyclic) bond motifs is 1. The van der Waals surface area contributed by atoms with Gasteiger partial charge >= 0.3 is 0 Å². The number of aromatic nitrogens is 2. The van der Waals surface area contributed by atoms with Gasteiger partial charge in [0.2, 0.25) is 0 Å². The number of thiophene rings is 1. The minimum atomic E-state index is 0.560. The minimum absolute atomic E-state index is 0.560. The first-order valence-electron chi connectivity index (χ1n) is 6.99. The van der Waals surface area contributed by atoms with Crippen LogP contribution in [0, 0.1) is 6.92 Å². The molecule has 4 heteroatoms. The van der Waals surface area contributed by atoms with Crippen molar-refractivity contribution in [3.8, 4) is 10.7 Å². The van der Waals surface area contributed by atoms with Gasteiger partial charge in [-0.05, 0) is 43.2 Å². The molecule has 2 N–H and O–H groups in total. The Morgan fingerprint density at radius 3 is 2.75 bits per heavy atom. The van der Waals surface area contributed by atoms with Gasteiger partial charge in [-0.15, -0.1) is 11.3 Å². The average Bonchev–Trinajstić information content (AvgIpc) is 3.03. The second-order valence-corrected chi connectivity index (χ2v) is 6.31. The fourth-order valence-corrected chi connectivity index (χ4v) is 3.36. The zero-order valence-corrected chi connectivity index (χ0v) is 12.7. The quantitative estimate of drug-likeness (QED) is 0.789. The molecular weight excluding hydrogens is 266 g/mol. The fraction of sp³-hybridized carbons (Fsp3) is 0.312. The maximum absolute atomic E-state index is 5.73. The smallest absolute Gasteiger partial charge is 0.151 e. The second-order valence-electron chi connectivity index (χ2n) is 5.02. The summed E-state index contributed by atoms with van der Waals surface area (Å²) in [6, 6.07) is 10.7. The van der Waals surface area contributed by atoms with Crippen molar-refractivity contribution < 1.29 is 0 Å². The lowest BCUT2D eigenvalue weighted by Gasteiger charge is -2.06. The molecule has 0 aliphatic carbocycles. The van der Waals surface area contributed by atoms with E-state index in [9.17, 15) is 0 Å². The molecule has 0 aliphatic heterocycles. The van der Waals surface area contributed by atoms with Crippen molar-refractivity contribution in [2.24, 2.45) is 5.73 Å². The lowest BCUT2D eigenvalue weighted by Crippen LogP contribution is -1.99. The highest BCUT2D eigenvalue weighted by Gasteiger charge is 2.13. The summed E-state index contributed by atoms with van der Waals surface area (Å²) in [5.74, 6) is 1.08. The number of benzene rings is 1. The first kappa shape index (κ1) is 13.3. The first-order valence-corrected chi connectivity index (χ1v) is 7.80. The van der Waals surface area contributed by atoms with Crippen molar-refractivity contribution in [1.29, 1.82) is 0 Å². The Kier molecular flexibility index (Phi) is 3.59. The summed E-state index contributed by atoms with van der Waals surface area (Å²) in [6.07, 6.45) is 1.10. The third-order valence-corrected chi connectivity index (χ3v) is 4.45. The molecule has 3 rings (SSSR count). The summed E-state index contributed by atoms with van der Waals surface area (Å²) in [6.45, 7) is 5.88. The monoisotopic (exact) mass is 285 g/mol. The van der Waals surface area contributed by atoms with Crippen LogP contribution in [0.4, 0.5) is 0 Å². The topological polar surface area (TPSA) is 43.8 Å². The van der Waals surface area contributed by atoms with Crippen molar-refractivity contribution in [3.05, 3.63) is 40.8 Å². The van der Waals surface area contributed by atoms with E-state index >= 15 is 0 Å². The number of hydrogen-bond donors (Lipinski definition) is 1. The first-order chi connectivity index (χ1) is 9.72. The van der Waals surface area contributed by atoms with Crippen LogP contribution in [0.2, 0.25) is 0 Å². The van der Waals surface area contributed by atoms with Crippen LogP contribution in [0.5, 0.6) is 0 Å². The summed E-state index contributed by atoms with van der Waals surface area (Å²) < 4.78 is 2.32. The largest absolute Gasteiger partial charge is 0.326 e. The van der Waals surface area contributed by atoms with Gasteiger partial charge in [0.15, 0.2) is 5.82 Å². The Morgan fingerprint density at radius 1 is 1.25 bits per heavy atom. The highest BCUT2D eigenvalue weighted by atomic mass is 32.1. The molecule has 0 aliphatic rings. The molecule has 0 bridgehead atoms. The lowest BCUT2D eigenvalue weighted by atomic mass is 10.2. The summed E-state index contributed by atoms with van der Waals surface area (Å²) >= 11 is 1.80. The Labute approximate surface area is 123 Å². The molecule has 2 aromatic heterocycles. The van der Waals surface area contributed by atoms with Crippen LogP contribution in [0.3, 0.4) is 0 Å². The standard InChI is InChI=1S/C16H19N3S/c1-3-8-19-14-6-5-12(10-17)9-13(14)18-16(19)15-7-4-11(2)20-15/h4-7,9H,3,8,10,17H2,1-2H3. The molecule has 3 aromatic rings. The number of hydrogen-bond acceptors (Lipinski definition) is 3. The summed E-state index contributed by atoms with van der Waals surface area (Å²) in [4.78, 5) is 7.40. The fourth-order valence-electron chi connectivity index (χ4n) is 2.50. The average molecular weight is 285 g/mol. The maximum atomic E-state index is 5.73. The lowest BCUT2D eigenvalue weighted by molar-refractivity contribution is 0.705. The Balaban J connectivity index is 2.21. The van der Waals surface area contributed by atoms with E-state index in [2.05, 4.69) is 48.7 Å². The van der Waals surface area contributed by atoms with Crippen LogP contribution >= 0.6 is 11.3 Å². The molecule has 20 heavy (non-hydrogen) atoms. The van der Waals surface area contributed by atoms with E-state index in [0.29, 0.717) is 6.54 Å². The highest BCUT2D eigenvalue weighted by molar-refractivity contribution is 7.15. The number of aryl methyl sites for hydroxylation is 2. The van der Waals surface area contributed by atoms with E-state index in [1.54, 1.807) is 11.3 Å². The van der Waals surface area contributed by atoms with Crippen molar-refractivity contribution >= 4 is 22.4 Å². The molecule has 0 radical (unpaired) electrons. The predicted molar refractivity (Wildman–Crippen MR) is 86.0 cm³/mol. The van der Waals surface area contributed by atoms with Gasteiger partial charge in [0.25, 0.3) is 0 Å². The minimum Gasteiger partial charge on any atom is -0.326 e. The van der Waals surface area contributed by atoms with Gasteiger partial charge in [0.05, 0.1) is 15.9 Å². The van der Waals surface area contributed by atoms with Gasteiger partial charge in [0, 0.05) is 18.0 Å². The van der Waals surface area contributed by atoms with Crippen molar-refractivity contribution in [3.63, 3.8) is 0 Å². The van der Waals surface area contributed by atoms with E-state index in [1.807, 2.05) is 0 Å². The Bertz CT molecular complexity index is 739. The predicted octanol–water partition coefficient (Wildman–Crippen LogP) is 3.94. The Morgan fingerprint density at radius 2 is 2.10 bits per heavy atom. The third kappa shape index (κ3) is 2.25. The molecule has 0 spiro atoms. The van der Waals surface area contributed by atoms with E-state index in [-0.39, 0.29) is 0 Å². The molecule has 3 nitrogen and oxygen atoms in total. The molecule has 0 saturated carbocycles. The summed E-state index contributed by atoms with van der Waals surface area (Å²) in [5.41, 5.74) is 9.10. The van der Waals surface area contributed by atoms with E-state index in [1.165, 1.54) is 15.3 Å². The Hall–Kier alpha value is -1.65. The van der Waals surface area contributed by atoms with Gasteiger partial charge in [-0.2, -0.15) is 0 Å². The zero-order valence-electron chi connectivity index (χ0n) is 11.9. The van der Waals surface area contributed by atoms with Crippen molar-refractivity contribution in [2.45, 2.75) is 33.4 Å². The van der Waals surface area contributed by atoms with E-state index < -0.39 is 0 Å². The number of imidazole rings is 1. The zero-order chi connectivity index (χ0) is 14.1. The maximum Gasteiger partial charge on any atom is 0.151 e. The number of nitrogens with two attached hydrogens (primary N) is 1. The van der Waals surface area contributed by atoms with Gasteiger partial charge in [-0.25, -0.2) is 4.98 Å². The molecular formula is C16H19N3S. The highest BCUT2D eigenvalue weighted by Crippen LogP contribution is 2.30. The molecule has 0 fully saturated rings. The van der Waals surface area contributed by atoms with Gasteiger partial charge in [-0.1, -0.05) is 13.0 Å². The molecule has 0 unspecified atom stereocenters. The van der Waals surface area contributed by atoms with Gasteiger partial charge in [-0.3, -0.25) is 0 Å². The molecule has 0 amide bonds. The van der Waals surface area contributed by atoms with Crippen LogP contribution < -0.4 is 5.73 Å². The van der Waals surface area contributed by atoms with E-state index in [4.69, 9.17) is 10.7 Å². The number of rotatable bonds is 4. The molecule has 0 saturated heterocycles. The van der Waals surface area contributed by atoms with Crippen LogP contribution in [-0.4, -0.2) is 9.55 Å². The van der Waals surface area contributed by atoms with Crippen molar-refractivity contribution in [1.82, 2.24) is 9.55 Å². The third-order valence-electron chi connectivity index (χ3n) is 3.46. The molecule has 104 valence electrons. The van der Waals surface area contributed by atoms with Crippen LogP contribution in [0.25, 0.3) is 21.7 Å². The van der Waals surface area contributed by atoms with E-state index in [0.717, 1.165) is 29.9 Å². The second kappa shape index (κ2) is 5.38. The molecule has 1 aromatic carbocycles. The van der Waals surface area contributed by atoms with Crippen LogP contribution in [0.1, 0.15) is 23.8 Å².